The maximum atomic E-state index is 11.3. The first kappa shape index (κ1) is 15.3. The summed E-state index contributed by atoms with van der Waals surface area (Å²) in [6.45, 7) is 2.88. The molecule has 1 rings (SSSR count). The number of aryl methyl sites for hydroxylation is 1. The van der Waals surface area contributed by atoms with E-state index in [1.807, 2.05) is 6.92 Å². The molecule has 6 heteroatoms. The van der Waals surface area contributed by atoms with Crippen LogP contribution in [0.15, 0.2) is 29.2 Å². The van der Waals surface area contributed by atoms with Crippen molar-refractivity contribution >= 4 is 67.5 Å². The number of hydrogen-bond donors (Lipinski definition) is 0. The van der Waals surface area contributed by atoms with E-state index in [4.69, 9.17) is 0 Å². The van der Waals surface area contributed by atoms with Crippen LogP contribution < -0.4 is 0 Å². The van der Waals surface area contributed by atoms with Crippen molar-refractivity contribution in [2.75, 3.05) is 0 Å². The van der Waals surface area contributed by atoms with E-state index < -0.39 is 16.1 Å². The van der Waals surface area contributed by atoms with Crippen LogP contribution in [0.3, 0.4) is 0 Å². The Morgan fingerprint density at radius 3 is 2.07 bits per heavy atom. The van der Waals surface area contributed by atoms with E-state index in [2.05, 4.69) is 4.18 Å². The molecule has 0 amide bonds. The van der Waals surface area contributed by atoms with Crippen molar-refractivity contribution in [2.24, 2.45) is 0 Å². The van der Waals surface area contributed by atoms with E-state index >= 15 is 0 Å². The minimum atomic E-state index is -3.93. The average Bonchev–Trinajstić information content (AvgIpc) is 2.02. The Morgan fingerprint density at radius 1 is 1.20 bits per heavy atom. The third-order valence-corrected chi connectivity index (χ3v) is 2.84. The SMILES string of the molecule is CC(=O)OS(=O)(=O)c1ccc(C)cc1.[K]. The van der Waals surface area contributed by atoms with Gasteiger partial charge in [0.2, 0.25) is 0 Å². The van der Waals surface area contributed by atoms with Gasteiger partial charge in [-0.2, -0.15) is 8.42 Å². The van der Waals surface area contributed by atoms with Crippen molar-refractivity contribution in [3.63, 3.8) is 0 Å². The Kier molecular flexibility index (Phi) is 6.23. The number of carbonyl (C=O) groups excluding carboxylic acids is 1. The summed E-state index contributed by atoms with van der Waals surface area (Å²) < 4.78 is 26.8. The summed E-state index contributed by atoms with van der Waals surface area (Å²) >= 11 is 0. The van der Waals surface area contributed by atoms with Crippen molar-refractivity contribution in [1.82, 2.24) is 0 Å². The molecule has 0 aliphatic heterocycles. The molecule has 0 bridgehead atoms. The molecule has 4 nitrogen and oxygen atoms in total. The van der Waals surface area contributed by atoms with E-state index in [0.29, 0.717) is 0 Å². The fraction of sp³-hybridized carbons (Fsp3) is 0.222. The first-order valence-corrected chi connectivity index (χ1v) is 5.34. The Hall–Kier alpha value is 0.276. The average molecular weight is 253 g/mol. The minimum absolute atomic E-state index is 0. The Morgan fingerprint density at radius 2 is 1.67 bits per heavy atom. The van der Waals surface area contributed by atoms with Gasteiger partial charge in [0.05, 0.1) is 0 Å². The van der Waals surface area contributed by atoms with Gasteiger partial charge in [-0.3, -0.25) is 4.79 Å². The molecular weight excluding hydrogens is 243 g/mol. The summed E-state index contributed by atoms with van der Waals surface area (Å²) in [4.78, 5) is 10.5. The molecule has 0 spiro atoms. The largest absolute Gasteiger partial charge is 0.343 e. The maximum Gasteiger partial charge on any atom is 0.341 e. The number of benzene rings is 1. The molecule has 0 atom stereocenters. The summed E-state index contributed by atoms with van der Waals surface area (Å²) in [6, 6.07) is 6.06. The van der Waals surface area contributed by atoms with Crippen LogP contribution >= 0.6 is 0 Å². The van der Waals surface area contributed by atoms with Crippen molar-refractivity contribution in [1.29, 1.82) is 0 Å². The topological polar surface area (TPSA) is 60.4 Å². The summed E-state index contributed by atoms with van der Waals surface area (Å²) in [7, 11) is -3.93. The molecule has 77 valence electrons. The van der Waals surface area contributed by atoms with Gasteiger partial charge in [0.25, 0.3) is 0 Å². The molecular formula is C9H10KO4S. The van der Waals surface area contributed by atoms with Gasteiger partial charge >= 0.3 is 16.1 Å². The zero-order valence-corrected chi connectivity index (χ0v) is 12.8. The third kappa shape index (κ3) is 4.75. The fourth-order valence-corrected chi connectivity index (χ4v) is 1.78. The summed E-state index contributed by atoms with van der Waals surface area (Å²) in [5, 5.41) is 0. The van der Waals surface area contributed by atoms with Gasteiger partial charge in [0.1, 0.15) is 4.90 Å². The molecule has 1 aromatic carbocycles. The molecule has 0 unspecified atom stereocenters. The second kappa shape index (κ2) is 6.12. The molecule has 0 saturated carbocycles. The molecule has 0 aliphatic carbocycles. The summed E-state index contributed by atoms with van der Waals surface area (Å²) in [6.07, 6.45) is 0. The minimum Gasteiger partial charge on any atom is -0.343 e. The van der Waals surface area contributed by atoms with Crippen molar-refractivity contribution < 1.29 is 17.4 Å². The second-order valence-electron chi connectivity index (χ2n) is 2.84. The smallest absolute Gasteiger partial charge is 0.341 e. The van der Waals surface area contributed by atoms with Crippen LogP contribution in [0.1, 0.15) is 12.5 Å². The van der Waals surface area contributed by atoms with Crippen LogP contribution in [0.5, 0.6) is 0 Å². The molecule has 0 saturated heterocycles. The van der Waals surface area contributed by atoms with Crippen LogP contribution in [0.4, 0.5) is 0 Å². The van der Waals surface area contributed by atoms with Crippen molar-refractivity contribution in [3.05, 3.63) is 29.8 Å². The Balaban J connectivity index is 0.00000196. The van der Waals surface area contributed by atoms with E-state index in [-0.39, 0.29) is 56.3 Å². The van der Waals surface area contributed by atoms with Gasteiger partial charge in [0, 0.05) is 58.3 Å². The normalized spacial score (nSPS) is 10.3. The van der Waals surface area contributed by atoms with Crippen molar-refractivity contribution in [2.45, 2.75) is 18.7 Å². The van der Waals surface area contributed by atoms with Crippen LogP contribution in [-0.4, -0.2) is 65.8 Å². The molecule has 1 aromatic rings. The van der Waals surface area contributed by atoms with Gasteiger partial charge in [-0.1, -0.05) is 17.7 Å². The van der Waals surface area contributed by atoms with Gasteiger partial charge in [0.15, 0.2) is 0 Å². The van der Waals surface area contributed by atoms with Gasteiger partial charge < -0.3 is 4.18 Å². The molecule has 15 heavy (non-hydrogen) atoms. The Labute approximate surface area is 132 Å². The first-order chi connectivity index (χ1) is 6.42. The van der Waals surface area contributed by atoms with Crippen LogP contribution in [-0.2, 0) is 19.1 Å². The predicted octanol–water partition coefficient (Wildman–Crippen LogP) is 0.866. The predicted molar refractivity (Wildman–Crippen MR) is 55.9 cm³/mol. The third-order valence-electron chi connectivity index (χ3n) is 1.54. The quantitative estimate of drug-likeness (QED) is 0.579. The maximum absolute atomic E-state index is 11.3. The van der Waals surface area contributed by atoms with Gasteiger partial charge in [-0.15, -0.1) is 0 Å². The second-order valence-corrected chi connectivity index (χ2v) is 4.39. The van der Waals surface area contributed by atoms with Gasteiger partial charge in [-0.25, -0.2) is 0 Å². The monoisotopic (exact) mass is 253 g/mol. The van der Waals surface area contributed by atoms with E-state index in [1.54, 1.807) is 12.1 Å². The molecule has 0 aliphatic rings. The molecule has 0 fully saturated rings. The van der Waals surface area contributed by atoms with Crippen LogP contribution in [0.2, 0.25) is 0 Å². The molecule has 0 heterocycles. The molecule has 1 radical (unpaired) electrons. The van der Waals surface area contributed by atoms with E-state index in [1.165, 1.54) is 12.1 Å². The number of hydrogen-bond acceptors (Lipinski definition) is 4. The van der Waals surface area contributed by atoms with Crippen LogP contribution in [0.25, 0.3) is 0 Å². The number of carbonyl (C=O) groups is 1. The zero-order chi connectivity index (χ0) is 10.8. The Bertz CT molecular complexity index is 436. The standard InChI is InChI=1S/C9H10O4S.K/c1-7-3-5-9(6-4-7)14(11,12)13-8(2)10;/h3-6H,1-2H3;. The zero-order valence-electron chi connectivity index (χ0n) is 8.85. The number of rotatable bonds is 2. The fourth-order valence-electron chi connectivity index (χ4n) is 0.908. The van der Waals surface area contributed by atoms with E-state index in [0.717, 1.165) is 12.5 Å². The van der Waals surface area contributed by atoms with Crippen LogP contribution in [0, 0.1) is 6.92 Å². The molecule has 0 aromatic heterocycles. The summed E-state index contributed by atoms with van der Waals surface area (Å²) in [5.74, 6) is -0.842. The van der Waals surface area contributed by atoms with E-state index in [9.17, 15) is 13.2 Å². The molecule has 0 N–H and O–H groups in total. The van der Waals surface area contributed by atoms with Gasteiger partial charge in [-0.05, 0) is 19.1 Å². The van der Waals surface area contributed by atoms with Crippen molar-refractivity contribution in [3.8, 4) is 0 Å². The summed E-state index contributed by atoms with van der Waals surface area (Å²) in [5.41, 5.74) is 0.937. The first-order valence-electron chi connectivity index (χ1n) is 3.93.